The monoisotopic (exact) mass is 454 g/mol. The molecule has 8 nitrogen and oxygen atoms in total. The van der Waals surface area contributed by atoms with E-state index >= 15 is 0 Å². The van der Waals surface area contributed by atoms with E-state index in [1.165, 1.54) is 17.7 Å². The third-order valence-corrected chi connectivity index (χ3v) is 6.37. The van der Waals surface area contributed by atoms with Gasteiger partial charge in [-0.25, -0.2) is 4.79 Å². The topological polar surface area (TPSA) is 86.1 Å². The van der Waals surface area contributed by atoms with Crippen molar-refractivity contribution in [2.45, 2.75) is 70.2 Å². The van der Waals surface area contributed by atoms with Crippen molar-refractivity contribution in [3.05, 3.63) is 29.8 Å². The highest BCUT2D eigenvalue weighted by Crippen LogP contribution is 2.29. The van der Waals surface area contributed by atoms with E-state index in [-0.39, 0.29) is 18.6 Å². The molecule has 0 radical (unpaired) electrons. The van der Waals surface area contributed by atoms with Crippen LogP contribution in [0, 0.1) is 11.3 Å². The predicted octanol–water partition coefficient (Wildman–Crippen LogP) is 3.01. The average molecular weight is 455 g/mol. The van der Waals surface area contributed by atoms with Gasteiger partial charge in [0.15, 0.2) is 0 Å². The molecule has 178 valence electrons. The molecule has 2 amide bonds. The maximum Gasteiger partial charge on any atom is 0.411 e. The van der Waals surface area contributed by atoms with Crippen molar-refractivity contribution in [2.75, 3.05) is 32.7 Å². The van der Waals surface area contributed by atoms with Crippen LogP contribution < -0.4 is 4.74 Å². The Morgan fingerprint density at radius 3 is 2.42 bits per heavy atom. The molecule has 1 saturated carbocycles. The number of nitrogens with zero attached hydrogens (tertiary/aromatic N) is 4. The second-order valence-corrected chi connectivity index (χ2v) is 10.2. The summed E-state index contributed by atoms with van der Waals surface area (Å²) in [7, 11) is 0. The number of rotatable bonds is 4. The Hall–Kier alpha value is -2.79. The second-order valence-electron chi connectivity index (χ2n) is 10.2. The molecule has 1 aromatic rings. The number of carbonyl (C=O) groups is 2. The van der Waals surface area contributed by atoms with Crippen molar-refractivity contribution >= 4 is 12.0 Å². The molecule has 3 fully saturated rings. The second kappa shape index (κ2) is 9.60. The van der Waals surface area contributed by atoms with Gasteiger partial charge in [-0.3, -0.25) is 14.6 Å². The van der Waals surface area contributed by atoms with E-state index in [1.807, 2.05) is 25.7 Å². The Morgan fingerprint density at radius 1 is 1.06 bits per heavy atom. The maximum absolute atomic E-state index is 13.6. The molecule has 2 saturated heterocycles. The molecule has 4 rings (SSSR count). The summed E-state index contributed by atoms with van der Waals surface area (Å²) in [4.78, 5) is 32.5. The minimum atomic E-state index is -0.649. The predicted molar refractivity (Wildman–Crippen MR) is 123 cm³/mol. The number of hydrogen-bond donors (Lipinski definition) is 0. The summed E-state index contributed by atoms with van der Waals surface area (Å²) in [6, 6.07) is 9.06. The molecule has 2 unspecified atom stereocenters. The quantitative estimate of drug-likeness (QED) is 0.695. The van der Waals surface area contributed by atoms with E-state index in [2.05, 4.69) is 11.0 Å². The van der Waals surface area contributed by atoms with Crippen LogP contribution in [0.3, 0.4) is 0 Å². The number of benzene rings is 1. The normalized spacial score (nSPS) is 24.2. The summed E-state index contributed by atoms with van der Waals surface area (Å²) >= 11 is 0. The zero-order chi connectivity index (χ0) is 23.6. The fourth-order valence-electron chi connectivity index (χ4n) is 4.61. The molecule has 1 aliphatic carbocycles. The van der Waals surface area contributed by atoms with E-state index in [4.69, 9.17) is 14.7 Å². The highest BCUT2D eigenvalue weighted by molar-refractivity contribution is 5.86. The van der Waals surface area contributed by atoms with E-state index in [0.717, 1.165) is 19.5 Å². The molecule has 0 aromatic heterocycles. The SMILES string of the molecule is CC(C)(C)OC(=O)N1CC(Oc2ccc(C#N)cc2)CC1C(=O)N1CCCN(C2CC2)CC1. The van der Waals surface area contributed by atoms with Crippen LogP contribution in [-0.4, -0.2) is 83.2 Å². The van der Waals surface area contributed by atoms with Crippen molar-refractivity contribution in [1.29, 1.82) is 5.26 Å². The highest BCUT2D eigenvalue weighted by atomic mass is 16.6. The van der Waals surface area contributed by atoms with Crippen LogP contribution in [0.1, 0.15) is 52.0 Å². The molecule has 0 N–H and O–H groups in total. The Bertz CT molecular complexity index is 900. The molecule has 2 aliphatic heterocycles. The first-order chi connectivity index (χ1) is 15.7. The van der Waals surface area contributed by atoms with Crippen molar-refractivity contribution in [1.82, 2.24) is 14.7 Å². The lowest BCUT2D eigenvalue weighted by molar-refractivity contribution is -0.135. The molecule has 0 bridgehead atoms. The van der Waals surface area contributed by atoms with E-state index in [9.17, 15) is 9.59 Å². The average Bonchev–Trinajstić information content (AvgIpc) is 3.56. The number of amides is 2. The van der Waals surface area contributed by atoms with Gasteiger partial charge in [-0.1, -0.05) is 0 Å². The first kappa shape index (κ1) is 23.4. The van der Waals surface area contributed by atoms with Crippen molar-refractivity contribution in [3.63, 3.8) is 0 Å². The largest absolute Gasteiger partial charge is 0.488 e. The molecular weight excluding hydrogens is 420 g/mol. The molecular formula is C25H34N4O4. The molecule has 2 heterocycles. The van der Waals surface area contributed by atoms with Crippen LogP contribution in [0.25, 0.3) is 0 Å². The molecule has 1 aromatic carbocycles. The Morgan fingerprint density at radius 2 is 1.79 bits per heavy atom. The van der Waals surface area contributed by atoms with Gasteiger partial charge in [-0.2, -0.15) is 5.26 Å². The summed E-state index contributed by atoms with van der Waals surface area (Å²) in [5.74, 6) is 0.593. The van der Waals surface area contributed by atoms with Gasteiger partial charge in [0, 0.05) is 38.6 Å². The van der Waals surface area contributed by atoms with Crippen LogP contribution in [0.15, 0.2) is 24.3 Å². The molecule has 33 heavy (non-hydrogen) atoms. The summed E-state index contributed by atoms with van der Waals surface area (Å²) < 4.78 is 11.7. The van der Waals surface area contributed by atoms with Gasteiger partial charge in [-0.15, -0.1) is 0 Å². The number of nitriles is 1. The number of hydrogen-bond acceptors (Lipinski definition) is 6. The number of carbonyl (C=O) groups excluding carboxylic acids is 2. The van der Waals surface area contributed by atoms with E-state index in [0.29, 0.717) is 36.9 Å². The molecule has 8 heteroatoms. The maximum atomic E-state index is 13.6. The first-order valence-corrected chi connectivity index (χ1v) is 11.9. The van der Waals surface area contributed by atoms with Crippen LogP contribution in [-0.2, 0) is 9.53 Å². The van der Waals surface area contributed by atoms with Crippen molar-refractivity contribution < 1.29 is 19.1 Å². The van der Waals surface area contributed by atoms with Gasteiger partial charge in [0.1, 0.15) is 23.5 Å². The highest BCUT2D eigenvalue weighted by Gasteiger charge is 2.44. The van der Waals surface area contributed by atoms with Gasteiger partial charge in [0.2, 0.25) is 5.91 Å². The van der Waals surface area contributed by atoms with E-state index in [1.54, 1.807) is 24.3 Å². The summed E-state index contributed by atoms with van der Waals surface area (Å²) in [5, 5.41) is 9.00. The zero-order valence-corrected chi connectivity index (χ0v) is 19.8. The van der Waals surface area contributed by atoms with Gasteiger partial charge in [0.05, 0.1) is 18.2 Å². The fraction of sp³-hybridized carbons (Fsp3) is 0.640. The summed E-state index contributed by atoms with van der Waals surface area (Å²) in [6.45, 7) is 9.07. The van der Waals surface area contributed by atoms with Crippen LogP contribution in [0.2, 0.25) is 0 Å². The van der Waals surface area contributed by atoms with Crippen molar-refractivity contribution in [3.8, 4) is 11.8 Å². The van der Waals surface area contributed by atoms with Crippen LogP contribution >= 0.6 is 0 Å². The molecule has 0 spiro atoms. The lowest BCUT2D eigenvalue weighted by Crippen LogP contribution is -2.49. The van der Waals surface area contributed by atoms with Gasteiger partial charge in [-0.05, 0) is 64.3 Å². The third kappa shape index (κ3) is 5.97. The minimum Gasteiger partial charge on any atom is -0.488 e. The third-order valence-electron chi connectivity index (χ3n) is 6.37. The number of likely N-dealkylation sites (tertiary alicyclic amines) is 1. The van der Waals surface area contributed by atoms with Gasteiger partial charge >= 0.3 is 6.09 Å². The lowest BCUT2D eigenvalue weighted by Gasteiger charge is -2.31. The Kier molecular flexibility index (Phi) is 6.80. The minimum absolute atomic E-state index is 0.0237. The zero-order valence-electron chi connectivity index (χ0n) is 19.8. The Balaban J connectivity index is 1.46. The van der Waals surface area contributed by atoms with E-state index < -0.39 is 17.7 Å². The molecule has 3 aliphatic rings. The van der Waals surface area contributed by atoms with Gasteiger partial charge < -0.3 is 14.4 Å². The standard InChI is InChI=1S/C25H34N4O4/c1-25(2,3)33-24(31)29-17-21(32-20-9-5-18(16-26)6-10-20)15-22(29)23(30)28-12-4-11-27(13-14-28)19-7-8-19/h5-6,9-10,19,21-22H,4,7-8,11-15,17H2,1-3H3. The summed E-state index contributed by atoms with van der Waals surface area (Å²) in [5.41, 5.74) is -0.0944. The fourth-order valence-corrected chi connectivity index (χ4v) is 4.61. The van der Waals surface area contributed by atoms with Crippen LogP contribution in [0.4, 0.5) is 4.79 Å². The number of ether oxygens (including phenoxy) is 2. The first-order valence-electron chi connectivity index (χ1n) is 11.9. The van der Waals surface area contributed by atoms with Crippen molar-refractivity contribution in [2.24, 2.45) is 0 Å². The Labute approximate surface area is 196 Å². The van der Waals surface area contributed by atoms with Crippen LogP contribution in [0.5, 0.6) is 5.75 Å². The molecule has 2 atom stereocenters. The lowest BCUT2D eigenvalue weighted by atomic mass is 10.1. The van der Waals surface area contributed by atoms with Gasteiger partial charge in [0.25, 0.3) is 0 Å². The summed E-state index contributed by atoms with van der Waals surface area (Å²) in [6.07, 6.45) is 3.08. The smallest absolute Gasteiger partial charge is 0.411 e.